The van der Waals surface area contributed by atoms with Crippen molar-refractivity contribution in [2.24, 2.45) is 5.92 Å². The fourth-order valence-electron chi connectivity index (χ4n) is 2.24. The van der Waals surface area contributed by atoms with E-state index in [1.807, 2.05) is 6.07 Å². The minimum Gasteiger partial charge on any atom is -0.494 e. The number of aryl methyl sites for hydroxylation is 1. The summed E-state index contributed by atoms with van der Waals surface area (Å²) in [5.41, 5.74) is 1.06. The van der Waals surface area contributed by atoms with Gasteiger partial charge < -0.3 is 10.1 Å². The lowest BCUT2D eigenvalue weighted by Gasteiger charge is -2.12. The van der Waals surface area contributed by atoms with Gasteiger partial charge in [0.25, 0.3) is 0 Å². The minimum atomic E-state index is -0.261. The molecule has 0 spiro atoms. The Hall–Kier alpha value is -1.09. The zero-order valence-corrected chi connectivity index (χ0v) is 11.9. The standard InChI is InChI=1S/C16H24FNO/c1-12(9-10-18-14-6-7-14)3-4-13-5-8-16(19-2)15(17)11-13/h5,8,11-12,14,18H,3-4,6-7,9-10H2,1-2H3. The smallest absolute Gasteiger partial charge is 0.165 e. The van der Waals surface area contributed by atoms with Crippen molar-refractivity contribution in [1.82, 2.24) is 5.32 Å². The van der Waals surface area contributed by atoms with E-state index in [4.69, 9.17) is 4.74 Å². The largest absolute Gasteiger partial charge is 0.494 e. The van der Waals surface area contributed by atoms with E-state index < -0.39 is 0 Å². The second-order valence-electron chi connectivity index (χ2n) is 5.63. The highest BCUT2D eigenvalue weighted by Crippen LogP contribution is 2.21. The Morgan fingerprint density at radius 2 is 2.16 bits per heavy atom. The van der Waals surface area contributed by atoms with Gasteiger partial charge in [-0.3, -0.25) is 0 Å². The summed E-state index contributed by atoms with van der Waals surface area (Å²) in [6, 6.07) is 6.05. The third-order valence-corrected chi connectivity index (χ3v) is 3.79. The first-order valence-corrected chi connectivity index (χ1v) is 7.25. The lowest BCUT2D eigenvalue weighted by Crippen LogP contribution is -2.19. The number of benzene rings is 1. The molecule has 1 aromatic carbocycles. The summed E-state index contributed by atoms with van der Waals surface area (Å²) in [6.07, 6.45) is 5.94. The van der Waals surface area contributed by atoms with E-state index in [0.29, 0.717) is 11.7 Å². The van der Waals surface area contributed by atoms with Crippen LogP contribution in [0.25, 0.3) is 0 Å². The minimum absolute atomic E-state index is 0.261. The van der Waals surface area contributed by atoms with Crippen LogP contribution in [0.15, 0.2) is 18.2 Å². The number of halogens is 1. The molecular weight excluding hydrogens is 241 g/mol. The zero-order valence-electron chi connectivity index (χ0n) is 11.9. The molecule has 1 saturated carbocycles. The number of hydrogen-bond donors (Lipinski definition) is 1. The summed E-state index contributed by atoms with van der Waals surface area (Å²) >= 11 is 0. The molecule has 2 nitrogen and oxygen atoms in total. The number of methoxy groups -OCH3 is 1. The second kappa shape index (κ2) is 6.90. The average molecular weight is 265 g/mol. The fraction of sp³-hybridized carbons (Fsp3) is 0.625. The van der Waals surface area contributed by atoms with Crippen molar-refractivity contribution in [1.29, 1.82) is 0 Å². The van der Waals surface area contributed by atoms with Gasteiger partial charge in [0.2, 0.25) is 0 Å². The normalized spacial score (nSPS) is 16.4. The van der Waals surface area contributed by atoms with Crippen LogP contribution in [0.1, 0.15) is 38.2 Å². The van der Waals surface area contributed by atoms with E-state index in [1.165, 1.54) is 26.4 Å². The molecule has 1 aliphatic carbocycles. The maximum atomic E-state index is 13.5. The Balaban J connectivity index is 1.69. The van der Waals surface area contributed by atoms with Crippen LogP contribution in [0.4, 0.5) is 4.39 Å². The molecule has 106 valence electrons. The third kappa shape index (κ3) is 4.83. The molecule has 0 aromatic heterocycles. The zero-order chi connectivity index (χ0) is 13.7. The molecule has 1 aromatic rings. The molecular formula is C16H24FNO. The van der Waals surface area contributed by atoms with Crippen molar-refractivity contribution >= 4 is 0 Å². The van der Waals surface area contributed by atoms with Crippen LogP contribution in [0.5, 0.6) is 5.75 Å². The van der Waals surface area contributed by atoms with Crippen LogP contribution < -0.4 is 10.1 Å². The van der Waals surface area contributed by atoms with Gasteiger partial charge in [0.1, 0.15) is 0 Å². The summed E-state index contributed by atoms with van der Waals surface area (Å²) in [6.45, 7) is 3.39. The molecule has 0 bridgehead atoms. The van der Waals surface area contributed by atoms with Gasteiger partial charge in [-0.05, 0) is 62.3 Å². The van der Waals surface area contributed by atoms with E-state index in [-0.39, 0.29) is 5.82 Å². The lowest BCUT2D eigenvalue weighted by molar-refractivity contribution is 0.386. The van der Waals surface area contributed by atoms with Gasteiger partial charge in [-0.1, -0.05) is 13.0 Å². The molecule has 0 aliphatic heterocycles. The predicted octanol–water partition coefficient (Wildman–Crippen LogP) is 3.55. The van der Waals surface area contributed by atoms with E-state index in [0.717, 1.165) is 31.0 Å². The Kier molecular flexibility index (Phi) is 5.20. The molecule has 0 amide bonds. The fourth-order valence-corrected chi connectivity index (χ4v) is 2.24. The van der Waals surface area contributed by atoms with E-state index in [1.54, 1.807) is 12.1 Å². The van der Waals surface area contributed by atoms with Gasteiger partial charge in [0.15, 0.2) is 11.6 Å². The maximum absolute atomic E-state index is 13.5. The maximum Gasteiger partial charge on any atom is 0.165 e. The molecule has 3 heteroatoms. The summed E-state index contributed by atoms with van der Waals surface area (Å²) in [5.74, 6) is 0.741. The lowest BCUT2D eigenvalue weighted by atomic mass is 9.98. The van der Waals surface area contributed by atoms with Gasteiger partial charge >= 0.3 is 0 Å². The summed E-state index contributed by atoms with van der Waals surface area (Å²) in [4.78, 5) is 0. The molecule has 1 unspecified atom stereocenters. The van der Waals surface area contributed by atoms with Crippen molar-refractivity contribution in [3.63, 3.8) is 0 Å². The van der Waals surface area contributed by atoms with Gasteiger partial charge in [-0.15, -0.1) is 0 Å². The number of rotatable bonds is 8. The average Bonchev–Trinajstić information content (AvgIpc) is 3.20. The molecule has 2 rings (SSSR count). The Morgan fingerprint density at radius 3 is 2.79 bits per heavy atom. The van der Waals surface area contributed by atoms with Gasteiger partial charge in [0.05, 0.1) is 7.11 Å². The Bertz CT molecular complexity index is 404. The topological polar surface area (TPSA) is 21.3 Å². The molecule has 1 aliphatic rings. The Labute approximate surface area is 115 Å². The molecule has 1 atom stereocenters. The highest BCUT2D eigenvalue weighted by molar-refractivity contribution is 5.29. The van der Waals surface area contributed by atoms with Crippen LogP contribution in [0, 0.1) is 11.7 Å². The van der Waals surface area contributed by atoms with Crippen molar-refractivity contribution in [2.75, 3.05) is 13.7 Å². The quantitative estimate of drug-likeness (QED) is 0.776. The first-order valence-electron chi connectivity index (χ1n) is 7.25. The predicted molar refractivity (Wildman–Crippen MR) is 76.1 cm³/mol. The molecule has 1 fully saturated rings. The van der Waals surface area contributed by atoms with E-state index >= 15 is 0 Å². The molecule has 1 N–H and O–H groups in total. The van der Waals surface area contributed by atoms with Crippen molar-refractivity contribution < 1.29 is 9.13 Å². The van der Waals surface area contributed by atoms with Gasteiger partial charge in [-0.25, -0.2) is 4.39 Å². The molecule has 19 heavy (non-hydrogen) atoms. The number of ether oxygens (including phenoxy) is 1. The Morgan fingerprint density at radius 1 is 1.37 bits per heavy atom. The molecule has 0 heterocycles. The first kappa shape index (κ1) is 14.3. The van der Waals surface area contributed by atoms with Crippen LogP contribution in [-0.2, 0) is 6.42 Å². The first-order chi connectivity index (χ1) is 9.19. The summed E-state index contributed by atoms with van der Waals surface area (Å²) in [7, 11) is 1.49. The van der Waals surface area contributed by atoms with Crippen molar-refractivity contribution in [3.05, 3.63) is 29.6 Å². The van der Waals surface area contributed by atoms with Crippen molar-refractivity contribution in [2.45, 2.75) is 45.1 Å². The second-order valence-corrected chi connectivity index (χ2v) is 5.63. The third-order valence-electron chi connectivity index (χ3n) is 3.79. The number of nitrogens with one attached hydrogen (secondary N) is 1. The SMILES string of the molecule is COc1ccc(CCC(C)CCNC2CC2)cc1F. The molecule has 0 radical (unpaired) electrons. The monoisotopic (exact) mass is 265 g/mol. The number of hydrogen-bond acceptors (Lipinski definition) is 2. The van der Waals surface area contributed by atoms with Crippen molar-refractivity contribution in [3.8, 4) is 5.75 Å². The van der Waals surface area contributed by atoms with Crippen LogP contribution in [0.3, 0.4) is 0 Å². The summed E-state index contributed by atoms with van der Waals surface area (Å²) < 4.78 is 18.5. The van der Waals surface area contributed by atoms with Crippen LogP contribution in [0.2, 0.25) is 0 Å². The van der Waals surface area contributed by atoms with E-state index in [9.17, 15) is 4.39 Å². The van der Waals surface area contributed by atoms with Crippen LogP contribution in [-0.4, -0.2) is 19.7 Å². The van der Waals surface area contributed by atoms with E-state index in [2.05, 4.69) is 12.2 Å². The van der Waals surface area contributed by atoms with Crippen LogP contribution >= 0.6 is 0 Å². The highest BCUT2D eigenvalue weighted by atomic mass is 19.1. The molecule has 0 saturated heterocycles. The highest BCUT2D eigenvalue weighted by Gasteiger charge is 2.19. The summed E-state index contributed by atoms with van der Waals surface area (Å²) in [5, 5.41) is 3.53. The van der Waals surface area contributed by atoms with Gasteiger partial charge in [0, 0.05) is 6.04 Å². The van der Waals surface area contributed by atoms with Gasteiger partial charge in [-0.2, -0.15) is 0 Å².